The Kier molecular flexibility index (Phi) is 7.51. The van der Waals surface area contributed by atoms with Crippen LogP contribution in [0.2, 0.25) is 5.02 Å². The van der Waals surface area contributed by atoms with Gasteiger partial charge in [-0.15, -0.1) is 0 Å². The number of ether oxygens (including phenoxy) is 3. The lowest BCUT2D eigenvalue weighted by molar-refractivity contribution is -0.119. The van der Waals surface area contributed by atoms with Crippen molar-refractivity contribution < 1.29 is 23.8 Å². The Bertz CT molecular complexity index is 872. The molecule has 0 aliphatic carbocycles. The third-order valence-electron chi connectivity index (χ3n) is 4.12. The topological polar surface area (TPSA) is 73.9 Å². The number of hydrogen-bond donors (Lipinski definition) is 1. The van der Waals surface area contributed by atoms with E-state index >= 15 is 0 Å². The molecule has 0 bridgehead atoms. The Morgan fingerprint density at radius 1 is 1.10 bits per heavy atom. The highest BCUT2D eigenvalue weighted by molar-refractivity contribution is 6.32. The molecule has 1 N–H and O–H groups in total. The minimum Gasteiger partial charge on any atom is -0.493 e. The fourth-order valence-corrected chi connectivity index (χ4v) is 2.85. The smallest absolute Gasteiger partial charge is 0.338 e. The molecule has 29 heavy (non-hydrogen) atoms. The molecule has 0 unspecified atom stereocenters. The van der Waals surface area contributed by atoms with Crippen molar-refractivity contribution in [2.45, 2.75) is 33.1 Å². The number of amides is 1. The summed E-state index contributed by atoms with van der Waals surface area (Å²) in [5, 5.41) is 2.92. The van der Waals surface area contributed by atoms with Crippen LogP contribution in [0.3, 0.4) is 0 Å². The first-order chi connectivity index (χ1) is 13.7. The van der Waals surface area contributed by atoms with E-state index in [9.17, 15) is 9.59 Å². The predicted octanol–water partition coefficient (Wildman–Crippen LogP) is 4.84. The first kappa shape index (κ1) is 22.6. The van der Waals surface area contributed by atoms with Crippen molar-refractivity contribution in [3.05, 3.63) is 52.5 Å². The van der Waals surface area contributed by atoms with Crippen molar-refractivity contribution >= 4 is 29.2 Å². The molecule has 0 saturated carbocycles. The zero-order chi connectivity index (χ0) is 21.6. The molecule has 2 aromatic rings. The quantitative estimate of drug-likeness (QED) is 0.650. The van der Waals surface area contributed by atoms with Crippen LogP contribution in [0.4, 0.5) is 5.69 Å². The number of esters is 1. The second-order valence-electron chi connectivity index (χ2n) is 7.37. The molecule has 2 aromatic carbocycles. The van der Waals surface area contributed by atoms with E-state index in [1.54, 1.807) is 0 Å². The highest BCUT2D eigenvalue weighted by atomic mass is 35.5. The summed E-state index contributed by atoms with van der Waals surface area (Å²) >= 11 is 6.16. The Morgan fingerprint density at radius 2 is 1.76 bits per heavy atom. The molecule has 0 heterocycles. The van der Waals surface area contributed by atoms with E-state index in [1.807, 2.05) is 31.2 Å². The van der Waals surface area contributed by atoms with E-state index in [2.05, 4.69) is 26.1 Å². The van der Waals surface area contributed by atoms with Gasteiger partial charge in [0, 0.05) is 5.69 Å². The Balaban J connectivity index is 1.98. The average molecular weight is 420 g/mol. The number of rotatable bonds is 7. The first-order valence-electron chi connectivity index (χ1n) is 9.23. The Labute approximate surface area is 176 Å². The predicted molar refractivity (Wildman–Crippen MR) is 113 cm³/mol. The van der Waals surface area contributed by atoms with Gasteiger partial charge >= 0.3 is 5.97 Å². The van der Waals surface area contributed by atoms with Crippen LogP contribution in [-0.4, -0.2) is 32.2 Å². The van der Waals surface area contributed by atoms with Gasteiger partial charge in [0.05, 0.1) is 24.3 Å². The lowest BCUT2D eigenvalue weighted by Gasteiger charge is -2.19. The van der Waals surface area contributed by atoms with Crippen LogP contribution in [0.25, 0.3) is 0 Å². The summed E-state index contributed by atoms with van der Waals surface area (Å²) in [5.74, 6) is -0.461. The number of hydrogen-bond acceptors (Lipinski definition) is 5. The van der Waals surface area contributed by atoms with E-state index in [-0.39, 0.29) is 16.0 Å². The van der Waals surface area contributed by atoms with Gasteiger partial charge in [0.2, 0.25) is 0 Å². The molecule has 7 heteroatoms. The van der Waals surface area contributed by atoms with Crippen molar-refractivity contribution in [2.24, 2.45) is 0 Å². The normalized spacial score (nSPS) is 11.0. The van der Waals surface area contributed by atoms with Crippen LogP contribution in [0, 0.1) is 0 Å². The van der Waals surface area contributed by atoms with Crippen LogP contribution in [-0.2, 0) is 14.9 Å². The number of benzene rings is 2. The van der Waals surface area contributed by atoms with Crippen LogP contribution in [0.1, 0.15) is 43.6 Å². The lowest BCUT2D eigenvalue weighted by Crippen LogP contribution is -2.21. The maximum atomic E-state index is 12.3. The van der Waals surface area contributed by atoms with Gasteiger partial charge < -0.3 is 19.5 Å². The van der Waals surface area contributed by atoms with Gasteiger partial charge in [-0.2, -0.15) is 0 Å². The standard InChI is InChI=1S/C22H26ClNO5/c1-6-28-20-17(23)11-14(12-18(20)27-5)21(26)29-13-19(25)24-16-9-7-15(8-10-16)22(2,3)4/h7-12H,6,13H2,1-5H3,(H,24,25). The number of nitrogens with one attached hydrogen (secondary N) is 1. The minimum atomic E-state index is -0.688. The van der Waals surface area contributed by atoms with E-state index in [1.165, 1.54) is 19.2 Å². The molecular weight excluding hydrogens is 394 g/mol. The highest BCUT2D eigenvalue weighted by Gasteiger charge is 2.18. The summed E-state index contributed by atoms with van der Waals surface area (Å²) < 4.78 is 15.7. The zero-order valence-electron chi connectivity index (χ0n) is 17.3. The van der Waals surface area contributed by atoms with E-state index < -0.39 is 18.5 Å². The largest absolute Gasteiger partial charge is 0.493 e. The molecule has 0 aliphatic heterocycles. The summed E-state index contributed by atoms with van der Waals surface area (Å²) in [6.07, 6.45) is 0. The molecule has 0 fully saturated rings. The molecule has 0 radical (unpaired) electrons. The van der Waals surface area contributed by atoms with E-state index in [4.69, 9.17) is 25.8 Å². The molecule has 0 atom stereocenters. The summed E-state index contributed by atoms with van der Waals surface area (Å²) in [5.41, 5.74) is 1.98. The molecule has 2 rings (SSSR count). The van der Waals surface area contributed by atoms with Crippen LogP contribution in [0.15, 0.2) is 36.4 Å². The number of carbonyl (C=O) groups is 2. The van der Waals surface area contributed by atoms with Gasteiger partial charge in [0.1, 0.15) is 0 Å². The lowest BCUT2D eigenvalue weighted by atomic mass is 9.87. The maximum Gasteiger partial charge on any atom is 0.338 e. The van der Waals surface area contributed by atoms with Crippen molar-refractivity contribution in [3.63, 3.8) is 0 Å². The monoisotopic (exact) mass is 419 g/mol. The van der Waals surface area contributed by atoms with Gasteiger partial charge in [-0.25, -0.2) is 4.79 Å². The minimum absolute atomic E-state index is 0.0259. The molecule has 1 amide bonds. The van der Waals surface area contributed by atoms with Gasteiger partial charge in [0.15, 0.2) is 18.1 Å². The molecule has 0 aromatic heterocycles. The van der Waals surface area contributed by atoms with Crippen LogP contribution >= 0.6 is 11.6 Å². The van der Waals surface area contributed by atoms with Gasteiger partial charge in [0.25, 0.3) is 5.91 Å². The molecule has 0 saturated heterocycles. The van der Waals surface area contributed by atoms with Gasteiger partial charge in [-0.3, -0.25) is 4.79 Å². The molecule has 6 nitrogen and oxygen atoms in total. The summed E-state index contributed by atoms with van der Waals surface area (Å²) in [7, 11) is 1.45. The van der Waals surface area contributed by atoms with Gasteiger partial charge in [-0.05, 0) is 42.2 Å². The molecule has 0 aliphatic rings. The van der Waals surface area contributed by atoms with Crippen molar-refractivity contribution in [1.82, 2.24) is 0 Å². The first-order valence-corrected chi connectivity index (χ1v) is 9.61. The number of anilines is 1. The zero-order valence-corrected chi connectivity index (χ0v) is 18.1. The highest BCUT2D eigenvalue weighted by Crippen LogP contribution is 2.36. The van der Waals surface area contributed by atoms with Crippen molar-refractivity contribution in [1.29, 1.82) is 0 Å². The van der Waals surface area contributed by atoms with Gasteiger partial charge in [-0.1, -0.05) is 44.5 Å². The summed E-state index contributed by atoms with van der Waals surface area (Å²) in [4.78, 5) is 24.4. The Morgan fingerprint density at radius 3 is 2.31 bits per heavy atom. The number of methoxy groups -OCH3 is 1. The average Bonchev–Trinajstić information content (AvgIpc) is 2.67. The third-order valence-corrected chi connectivity index (χ3v) is 4.40. The van der Waals surface area contributed by atoms with Crippen LogP contribution < -0.4 is 14.8 Å². The van der Waals surface area contributed by atoms with Crippen molar-refractivity contribution in [3.8, 4) is 11.5 Å². The summed E-state index contributed by atoms with van der Waals surface area (Å²) in [6, 6.07) is 10.4. The van der Waals surface area contributed by atoms with E-state index in [0.29, 0.717) is 23.8 Å². The number of carbonyl (C=O) groups excluding carboxylic acids is 2. The SMILES string of the molecule is CCOc1c(Cl)cc(C(=O)OCC(=O)Nc2ccc(C(C)(C)C)cc2)cc1OC. The maximum absolute atomic E-state index is 12.3. The fraction of sp³-hybridized carbons (Fsp3) is 0.364. The van der Waals surface area contributed by atoms with Crippen molar-refractivity contribution in [2.75, 3.05) is 25.6 Å². The van der Waals surface area contributed by atoms with E-state index in [0.717, 1.165) is 5.56 Å². The second-order valence-corrected chi connectivity index (χ2v) is 7.78. The molecule has 0 spiro atoms. The fourth-order valence-electron chi connectivity index (χ4n) is 2.59. The third kappa shape index (κ3) is 6.12. The second kappa shape index (κ2) is 9.65. The molecule has 156 valence electrons. The number of halogens is 1. The molecular formula is C22H26ClNO5. The summed E-state index contributed by atoms with van der Waals surface area (Å²) in [6.45, 7) is 8.13. The van der Waals surface area contributed by atoms with Crippen LogP contribution in [0.5, 0.6) is 11.5 Å². The Hall–Kier alpha value is -2.73.